The van der Waals surface area contributed by atoms with Crippen molar-refractivity contribution in [3.8, 4) is 0 Å². The summed E-state index contributed by atoms with van der Waals surface area (Å²) in [5.41, 5.74) is 2.12. The fraction of sp³-hybridized carbons (Fsp3) is 0.417. The van der Waals surface area contributed by atoms with Gasteiger partial charge in [-0.3, -0.25) is 4.90 Å². The van der Waals surface area contributed by atoms with Crippen LogP contribution in [0.3, 0.4) is 0 Å². The van der Waals surface area contributed by atoms with Crippen molar-refractivity contribution in [2.45, 2.75) is 6.42 Å². The number of hydrogen-bond acceptors (Lipinski definition) is 3. The van der Waals surface area contributed by atoms with Gasteiger partial charge in [0.05, 0.1) is 17.9 Å². The third kappa shape index (κ3) is 1.41. The van der Waals surface area contributed by atoms with Crippen molar-refractivity contribution in [3.63, 3.8) is 0 Å². The second-order valence-electron chi connectivity index (χ2n) is 4.10. The third-order valence-electron chi connectivity index (χ3n) is 3.13. The number of ether oxygens (including phenoxy) is 1. The van der Waals surface area contributed by atoms with Gasteiger partial charge < -0.3 is 9.64 Å². The molecule has 2 fully saturated rings. The molecule has 0 saturated carbocycles. The van der Waals surface area contributed by atoms with E-state index in [1.807, 2.05) is 18.2 Å². The Balaban J connectivity index is 1.95. The van der Waals surface area contributed by atoms with Gasteiger partial charge in [-0.1, -0.05) is 12.1 Å². The molecule has 4 nitrogen and oxygen atoms in total. The molecule has 2 aliphatic heterocycles. The molecular weight excluding hydrogens is 204 g/mol. The van der Waals surface area contributed by atoms with Crippen LogP contribution in [0.4, 0.5) is 16.2 Å². The van der Waals surface area contributed by atoms with Crippen LogP contribution >= 0.6 is 0 Å². The molecule has 0 aromatic heterocycles. The highest BCUT2D eigenvalue weighted by atomic mass is 16.6. The monoisotopic (exact) mass is 218 g/mol. The van der Waals surface area contributed by atoms with Crippen LogP contribution in [0.15, 0.2) is 24.3 Å². The van der Waals surface area contributed by atoms with E-state index >= 15 is 0 Å². The zero-order valence-corrected chi connectivity index (χ0v) is 9.06. The number of hydrogen-bond donors (Lipinski definition) is 0. The molecule has 2 saturated heterocycles. The van der Waals surface area contributed by atoms with Crippen LogP contribution in [0.1, 0.15) is 6.42 Å². The molecule has 0 radical (unpaired) electrons. The highest BCUT2D eigenvalue weighted by Gasteiger charge is 2.28. The van der Waals surface area contributed by atoms with E-state index in [4.69, 9.17) is 4.74 Å². The van der Waals surface area contributed by atoms with E-state index in [0.29, 0.717) is 13.2 Å². The van der Waals surface area contributed by atoms with E-state index < -0.39 is 0 Å². The molecule has 4 heteroatoms. The summed E-state index contributed by atoms with van der Waals surface area (Å²) >= 11 is 0. The predicted octanol–water partition coefficient (Wildman–Crippen LogP) is 1.85. The number of carbonyl (C=O) groups excluding carboxylic acids is 1. The summed E-state index contributed by atoms with van der Waals surface area (Å²) in [6, 6.07) is 8.03. The third-order valence-corrected chi connectivity index (χ3v) is 3.13. The molecule has 2 aliphatic rings. The SMILES string of the molecule is O=C1OCCN1c1ccccc1N1CCC1. The number of anilines is 2. The van der Waals surface area contributed by atoms with E-state index in [-0.39, 0.29) is 6.09 Å². The molecule has 0 spiro atoms. The lowest BCUT2D eigenvalue weighted by molar-refractivity contribution is 0.181. The van der Waals surface area contributed by atoms with E-state index in [9.17, 15) is 4.79 Å². The van der Waals surface area contributed by atoms with Crippen LogP contribution in [-0.4, -0.2) is 32.3 Å². The number of nitrogens with zero attached hydrogens (tertiary/aromatic N) is 2. The van der Waals surface area contributed by atoms with Crippen molar-refractivity contribution in [1.82, 2.24) is 0 Å². The number of carbonyl (C=O) groups is 1. The smallest absolute Gasteiger partial charge is 0.414 e. The van der Waals surface area contributed by atoms with Crippen LogP contribution in [-0.2, 0) is 4.74 Å². The van der Waals surface area contributed by atoms with E-state index in [0.717, 1.165) is 24.5 Å². The van der Waals surface area contributed by atoms with Crippen LogP contribution in [0.5, 0.6) is 0 Å². The Morgan fingerprint density at radius 2 is 1.81 bits per heavy atom. The molecule has 3 rings (SSSR count). The quantitative estimate of drug-likeness (QED) is 0.759. The number of cyclic esters (lactones) is 1. The molecule has 0 aliphatic carbocycles. The minimum absolute atomic E-state index is 0.229. The first-order valence-electron chi connectivity index (χ1n) is 5.64. The maximum Gasteiger partial charge on any atom is 0.414 e. The predicted molar refractivity (Wildman–Crippen MR) is 62.0 cm³/mol. The molecule has 16 heavy (non-hydrogen) atoms. The van der Waals surface area contributed by atoms with Crippen molar-refractivity contribution >= 4 is 17.5 Å². The molecule has 1 aromatic carbocycles. The average molecular weight is 218 g/mol. The number of amides is 1. The lowest BCUT2D eigenvalue weighted by Crippen LogP contribution is -2.38. The standard InChI is InChI=1S/C12H14N2O2/c15-12-14(8-9-16-12)11-5-2-1-4-10(11)13-6-3-7-13/h1-2,4-5H,3,6-9H2. The minimum atomic E-state index is -0.229. The van der Waals surface area contributed by atoms with Gasteiger partial charge in [-0.25, -0.2) is 4.79 Å². The van der Waals surface area contributed by atoms with Gasteiger partial charge in [-0.2, -0.15) is 0 Å². The van der Waals surface area contributed by atoms with E-state index in [1.54, 1.807) is 4.90 Å². The Kier molecular flexibility index (Phi) is 2.20. The molecule has 2 heterocycles. The lowest BCUT2D eigenvalue weighted by Gasteiger charge is -2.35. The van der Waals surface area contributed by atoms with Crippen LogP contribution in [0.25, 0.3) is 0 Å². The summed E-state index contributed by atoms with van der Waals surface area (Å²) in [6.07, 6.45) is 1.01. The summed E-state index contributed by atoms with van der Waals surface area (Å²) in [6.45, 7) is 3.32. The first-order valence-corrected chi connectivity index (χ1v) is 5.64. The van der Waals surface area contributed by atoms with Gasteiger partial charge in [0.2, 0.25) is 0 Å². The Hall–Kier alpha value is -1.71. The molecule has 0 atom stereocenters. The number of para-hydroxylation sites is 2. The Morgan fingerprint density at radius 3 is 2.38 bits per heavy atom. The summed E-state index contributed by atoms with van der Waals surface area (Å²) < 4.78 is 4.97. The van der Waals surface area contributed by atoms with Crippen LogP contribution in [0, 0.1) is 0 Å². The molecule has 84 valence electrons. The van der Waals surface area contributed by atoms with Crippen molar-refractivity contribution in [3.05, 3.63) is 24.3 Å². The Bertz CT molecular complexity index is 415. The first kappa shape index (κ1) is 9.51. The van der Waals surface area contributed by atoms with Gasteiger partial charge >= 0.3 is 6.09 Å². The van der Waals surface area contributed by atoms with Gasteiger partial charge in [-0.05, 0) is 18.6 Å². The lowest BCUT2D eigenvalue weighted by atomic mass is 10.1. The van der Waals surface area contributed by atoms with E-state index in [1.165, 1.54) is 6.42 Å². The van der Waals surface area contributed by atoms with Crippen molar-refractivity contribution in [2.75, 3.05) is 36.0 Å². The first-order chi connectivity index (χ1) is 7.86. The summed E-state index contributed by atoms with van der Waals surface area (Å²) in [7, 11) is 0. The largest absolute Gasteiger partial charge is 0.447 e. The maximum atomic E-state index is 11.5. The van der Waals surface area contributed by atoms with Gasteiger partial charge in [0.25, 0.3) is 0 Å². The van der Waals surface area contributed by atoms with Crippen LogP contribution < -0.4 is 9.80 Å². The van der Waals surface area contributed by atoms with Gasteiger partial charge in [0.15, 0.2) is 0 Å². The molecule has 0 bridgehead atoms. The highest BCUT2D eigenvalue weighted by Crippen LogP contribution is 2.33. The summed E-state index contributed by atoms with van der Waals surface area (Å²) in [4.78, 5) is 15.5. The average Bonchev–Trinajstić information content (AvgIpc) is 2.63. The summed E-state index contributed by atoms with van der Waals surface area (Å²) in [5.74, 6) is 0. The van der Waals surface area contributed by atoms with Gasteiger partial charge in [0.1, 0.15) is 6.61 Å². The Labute approximate surface area is 94.4 Å². The van der Waals surface area contributed by atoms with Crippen molar-refractivity contribution in [1.29, 1.82) is 0 Å². The minimum Gasteiger partial charge on any atom is -0.447 e. The second-order valence-corrected chi connectivity index (χ2v) is 4.10. The van der Waals surface area contributed by atoms with Crippen molar-refractivity contribution < 1.29 is 9.53 Å². The molecule has 0 unspecified atom stereocenters. The van der Waals surface area contributed by atoms with Crippen molar-refractivity contribution in [2.24, 2.45) is 0 Å². The molecule has 1 aromatic rings. The molecular formula is C12H14N2O2. The fourth-order valence-electron chi connectivity index (χ4n) is 2.13. The molecule has 0 N–H and O–H groups in total. The molecule has 1 amide bonds. The summed E-state index contributed by atoms with van der Waals surface area (Å²) in [5, 5.41) is 0. The van der Waals surface area contributed by atoms with Gasteiger partial charge in [-0.15, -0.1) is 0 Å². The normalized spacial score (nSPS) is 19.6. The maximum absolute atomic E-state index is 11.5. The van der Waals surface area contributed by atoms with Crippen LogP contribution in [0.2, 0.25) is 0 Å². The van der Waals surface area contributed by atoms with Gasteiger partial charge in [0, 0.05) is 13.1 Å². The number of rotatable bonds is 2. The Morgan fingerprint density at radius 1 is 1.06 bits per heavy atom. The number of benzene rings is 1. The zero-order chi connectivity index (χ0) is 11.0. The highest BCUT2D eigenvalue weighted by molar-refractivity contribution is 5.93. The zero-order valence-electron chi connectivity index (χ0n) is 9.06. The second kappa shape index (κ2) is 3.70. The topological polar surface area (TPSA) is 32.8 Å². The van der Waals surface area contributed by atoms with E-state index in [2.05, 4.69) is 11.0 Å². The fourth-order valence-corrected chi connectivity index (χ4v) is 2.13.